The van der Waals surface area contributed by atoms with E-state index in [1.54, 1.807) is 0 Å². The summed E-state index contributed by atoms with van der Waals surface area (Å²) >= 11 is 5.94. The van der Waals surface area contributed by atoms with E-state index in [0.29, 0.717) is 0 Å². The molecule has 2 aromatic heterocycles. The van der Waals surface area contributed by atoms with Crippen LogP contribution in [0.4, 0.5) is 5.69 Å². The Labute approximate surface area is 207 Å². The van der Waals surface area contributed by atoms with Crippen LogP contribution in [-0.4, -0.2) is 14.7 Å². The Morgan fingerprint density at radius 1 is 0.853 bits per heavy atom. The molecule has 4 nitrogen and oxygen atoms in total. The molecule has 1 aliphatic heterocycles. The monoisotopic (exact) mass is 466 g/mol. The summed E-state index contributed by atoms with van der Waals surface area (Å²) in [5.74, 6) is 0. The smallest absolute Gasteiger partial charge is 0.174 e. The number of hydrogen-bond acceptors (Lipinski definition) is 2. The molecule has 0 unspecified atom stereocenters. The fourth-order valence-electron chi connectivity index (χ4n) is 5.31. The van der Waals surface area contributed by atoms with Crippen LogP contribution in [0.3, 0.4) is 0 Å². The largest absolute Gasteiger partial charge is 0.351 e. The number of aromatic nitrogens is 2. The summed E-state index contributed by atoms with van der Waals surface area (Å²) in [5.41, 5.74) is 10.7. The molecule has 34 heavy (non-hydrogen) atoms. The maximum atomic E-state index is 5.94. The highest BCUT2D eigenvalue weighted by molar-refractivity contribution is 7.80. The fraction of sp³-hybridized carbons (Fsp3) is 0.241. The van der Waals surface area contributed by atoms with Gasteiger partial charge < -0.3 is 14.8 Å². The van der Waals surface area contributed by atoms with E-state index in [9.17, 15) is 0 Å². The third-order valence-corrected chi connectivity index (χ3v) is 7.04. The number of aryl methyl sites for hydroxylation is 4. The minimum Gasteiger partial charge on any atom is -0.351 e. The Bertz CT molecular complexity index is 1350. The van der Waals surface area contributed by atoms with Crippen molar-refractivity contribution in [1.82, 2.24) is 14.9 Å². The topological polar surface area (TPSA) is 33.1 Å². The normalized spacial score (nSPS) is 17.8. The molecule has 5 rings (SSSR count). The van der Waals surface area contributed by atoms with Crippen LogP contribution in [0.1, 0.15) is 51.4 Å². The first kappa shape index (κ1) is 22.4. The molecule has 4 aromatic rings. The highest BCUT2D eigenvalue weighted by Crippen LogP contribution is 2.44. The van der Waals surface area contributed by atoms with Crippen molar-refractivity contribution in [2.24, 2.45) is 0 Å². The summed E-state index contributed by atoms with van der Waals surface area (Å²) in [4.78, 5) is 6.99. The third kappa shape index (κ3) is 3.80. The zero-order valence-electron chi connectivity index (χ0n) is 20.3. The maximum absolute atomic E-state index is 5.94. The Hall–Kier alpha value is -3.44. The molecule has 0 radical (unpaired) electrons. The first-order valence-corrected chi connectivity index (χ1v) is 12.1. The summed E-state index contributed by atoms with van der Waals surface area (Å²) in [6.07, 6.45) is 1.85. The lowest BCUT2D eigenvalue weighted by Crippen LogP contribution is -2.29. The third-order valence-electron chi connectivity index (χ3n) is 6.73. The Balaban J connectivity index is 1.71. The zero-order chi connectivity index (χ0) is 24.0. The van der Waals surface area contributed by atoms with E-state index < -0.39 is 0 Å². The van der Waals surface area contributed by atoms with Crippen LogP contribution < -0.4 is 10.2 Å². The number of para-hydroxylation sites is 1. The lowest BCUT2D eigenvalue weighted by Gasteiger charge is -2.29. The molecule has 1 fully saturated rings. The average Bonchev–Trinajstić information content (AvgIpc) is 3.29. The van der Waals surface area contributed by atoms with Crippen LogP contribution in [0.2, 0.25) is 0 Å². The molecule has 5 heteroatoms. The van der Waals surface area contributed by atoms with Crippen molar-refractivity contribution in [2.75, 3.05) is 4.90 Å². The van der Waals surface area contributed by atoms with Crippen molar-refractivity contribution in [3.8, 4) is 5.69 Å². The van der Waals surface area contributed by atoms with E-state index >= 15 is 0 Å². The first-order valence-electron chi connectivity index (χ1n) is 11.7. The van der Waals surface area contributed by atoms with Gasteiger partial charge in [-0.2, -0.15) is 0 Å². The van der Waals surface area contributed by atoms with E-state index in [2.05, 4.69) is 104 Å². The SMILES string of the molecule is Cc1cc(C)cc(N2C(=S)N[C@@H](c3ccccn3)[C@H]2c2cc(C)n(-c3ccccc3C)c2C)c1. The summed E-state index contributed by atoms with van der Waals surface area (Å²) in [6, 6.07) is 23.5. The van der Waals surface area contributed by atoms with Gasteiger partial charge in [0.2, 0.25) is 0 Å². The van der Waals surface area contributed by atoms with Crippen molar-refractivity contribution in [1.29, 1.82) is 0 Å². The number of benzene rings is 2. The van der Waals surface area contributed by atoms with E-state index in [-0.39, 0.29) is 12.1 Å². The van der Waals surface area contributed by atoms with Crippen LogP contribution in [0, 0.1) is 34.6 Å². The average molecular weight is 467 g/mol. The van der Waals surface area contributed by atoms with Gasteiger partial charge >= 0.3 is 0 Å². The van der Waals surface area contributed by atoms with E-state index in [4.69, 9.17) is 17.2 Å². The van der Waals surface area contributed by atoms with Crippen molar-refractivity contribution in [3.63, 3.8) is 0 Å². The standard InChI is InChI=1S/C29H30N4S/c1-18-14-19(2)16-23(15-18)33-28(27(31-29(33)34)25-11-8-9-13-30-25)24-17-21(4)32(22(24)5)26-12-7-6-10-20(26)3/h6-17,27-28H,1-5H3,(H,31,34)/t27-,28+/m0/s1. The van der Waals surface area contributed by atoms with Crippen molar-refractivity contribution in [3.05, 3.63) is 112 Å². The first-order chi connectivity index (χ1) is 16.3. The summed E-state index contributed by atoms with van der Waals surface area (Å²) < 4.78 is 2.36. The van der Waals surface area contributed by atoms with Crippen LogP contribution in [0.5, 0.6) is 0 Å². The molecule has 0 saturated carbocycles. The van der Waals surface area contributed by atoms with Crippen LogP contribution >= 0.6 is 12.2 Å². The minimum absolute atomic E-state index is 0.0208. The number of pyridine rings is 1. The van der Waals surface area contributed by atoms with Gasteiger partial charge in [-0.25, -0.2) is 0 Å². The van der Waals surface area contributed by atoms with E-state index in [0.717, 1.165) is 16.5 Å². The lowest BCUT2D eigenvalue weighted by molar-refractivity contribution is 0.565. The molecule has 3 heterocycles. The minimum atomic E-state index is -0.0552. The van der Waals surface area contributed by atoms with Crippen LogP contribution in [0.15, 0.2) is 72.9 Å². The van der Waals surface area contributed by atoms with Crippen LogP contribution in [0.25, 0.3) is 5.69 Å². The number of rotatable bonds is 4. The fourth-order valence-corrected chi connectivity index (χ4v) is 5.66. The van der Waals surface area contributed by atoms with Gasteiger partial charge in [-0.05, 0) is 105 Å². The molecular weight excluding hydrogens is 436 g/mol. The van der Waals surface area contributed by atoms with Gasteiger partial charge in [0.1, 0.15) is 0 Å². The van der Waals surface area contributed by atoms with Gasteiger partial charge in [-0.1, -0.05) is 30.3 Å². The molecular formula is C29H30N4S. The molecule has 0 amide bonds. The van der Waals surface area contributed by atoms with Gasteiger partial charge in [0, 0.05) is 29.0 Å². The predicted octanol–water partition coefficient (Wildman–Crippen LogP) is 6.59. The number of nitrogens with zero attached hydrogens (tertiary/aromatic N) is 3. The molecule has 172 valence electrons. The summed E-state index contributed by atoms with van der Waals surface area (Å²) in [6.45, 7) is 10.8. The number of anilines is 1. The number of thiocarbonyl (C=S) groups is 1. The highest BCUT2D eigenvalue weighted by atomic mass is 32.1. The zero-order valence-corrected chi connectivity index (χ0v) is 21.1. The second-order valence-electron chi connectivity index (χ2n) is 9.29. The second kappa shape index (κ2) is 8.73. The molecule has 1 saturated heterocycles. The molecule has 0 aliphatic carbocycles. The number of nitrogens with one attached hydrogen (secondary N) is 1. The molecule has 2 atom stereocenters. The Morgan fingerprint density at radius 2 is 1.56 bits per heavy atom. The Kier molecular flexibility index (Phi) is 5.74. The van der Waals surface area contributed by atoms with Gasteiger partial charge in [-0.15, -0.1) is 0 Å². The van der Waals surface area contributed by atoms with E-state index in [1.165, 1.54) is 39.3 Å². The van der Waals surface area contributed by atoms with Gasteiger partial charge in [0.15, 0.2) is 5.11 Å². The van der Waals surface area contributed by atoms with Gasteiger partial charge in [0.25, 0.3) is 0 Å². The molecule has 0 bridgehead atoms. The molecule has 1 N–H and O–H groups in total. The molecule has 2 aromatic carbocycles. The summed E-state index contributed by atoms with van der Waals surface area (Å²) in [5, 5.41) is 4.33. The molecule has 0 spiro atoms. The van der Waals surface area contributed by atoms with E-state index in [1.807, 2.05) is 18.3 Å². The Morgan fingerprint density at radius 3 is 2.24 bits per heavy atom. The van der Waals surface area contributed by atoms with Crippen molar-refractivity contribution >= 4 is 23.0 Å². The molecule has 1 aliphatic rings. The van der Waals surface area contributed by atoms with Crippen molar-refractivity contribution < 1.29 is 0 Å². The highest BCUT2D eigenvalue weighted by Gasteiger charge is 2.42. The predicted molar refractivity (Wildman–Crippen MR) is 144 cm³/mol. The lowest BCUT2D eigenvalue weighted by atomic mass is 9.96. The van der Waals surface area contributed by atoms with Crippen molar-refractivity contribution in [2.45, 2.75) is 46.7 Å². The maximum Gasteiger partial charge on any atom is 0.174 e. The quantitative estimate of drug-likeness (QED) is 0.344. The van der Waals surface area contributed by atoms with Gasteiger partial charge in [-0.3, -0.25) is 4.98 Å². The number of hydrogen-bond donors (Lipinski definition) is 1. The summed E-state index contributed by atoms with van der Waals surface area (Å²) in [7, 11) is 0. The second-order valence-corrected chi connectivity index (χ2v) is 9.68. The van der Waals surface area contributed by atoms with Crippen LogP contribution in [-0.2, 0) is 0 Å². The van der Waals surface area contributed by atoms with Gasteiger partial charge in [0.05, 0.1) is 17.8 Å².